The van der Waals surface area contributed by atoms with Crippen LogP contribution in [0.2, 0.25) is 0 Å². The van der Waals surface area contributed by atoms with E-state index in [-0.39, 0.29) is 5.82 Å². The quantitative estimate of drug-likeness (QED) is 0.860. The Hall–Kier alpha value is -1.84. The van der Waals surface area contributed by atoms with Gasteiger partial charge in [0.15, 0.2) is 5.95 Å². The number of nitrogens with zero attached hydrogens (tertiary/aromatic N) is 2. The highest BCUT2D eigenvalue weighted by molar-refractivity contribution is 5.27. The number of hydrogen-bond acceptors (Lipinski definition) is 2. The Kier molecular flexibility index (Phi) is 2.90. The fourth-order valence-corrected chi connectivity index (χ4v) is 1.66. The summed E-state index contributed by atoms with van der Waals surface area (Å²) in [5.41, 5.74) is 7.14. The Morgan fingerprint density at radius 2 is 2.12 bits per heavy atom. The molecule has 0 unspecified atom stereocenters. The van der Waals surface area contributed by atoms with Crippen LogP contribution in [-0.2, 0) is 13.0 Å². The molecule has 0 amide bonds. The highest BCUT2D eigenvalue weighted by Gasteiger charge is 2.07. The molecule has 0 aliphatic rings. The first kappa shape index (κ1) is 10.7. The number of halogens is 1. The van der Waals surface area contributed by atoms with Gasteiger partial charge in [-0.05, 0) is 18.6 Å². The van der Waals surface area contributed by atoms with E-state index < -0.39 is 0 Å². The van der Waals surface area contributed by atoms with Crippen molar-refractivity contribution in [3.05, 3.63) is 47.5 Å². The molecule has 2 N–H and O–H groups in total. The lowest BCUT2D eigenvalue weighted by Crippen LogP contribution is -1.98. The lowest BCUT2D eigenvalue weighted by molar-refractivity contribution is 0.613. The van der Waals surface area contributed by atoms with E-state index in [1.165, 1.54) is 6.07 Å². The van der Waals surface area contributed by atoms with Crippen LogP contribution in [-0.4, -0.2) is 9.55 Å². The third kappa shape index (κ3) is 2.05. The standard InChI is InChI=1S/C12H14FN3/c1-2-16-8-10(15-12(16)14)7-9-5-3-4-6-11(9)13/h3-6,8H,2,7H2,1H3,(H2,14,15). The lowest BCUT2D eigenvalue weighted by Gasteiger charge is -1.99. The van der Waals surface area contributed by atoms with Gasteiger partial charge in [-0.15, -0.1) is 0 Å². The largest absolute Gasteiger partial charge is 0.369 e. The summed E-state index contributed by atoms with van der Waals surface area (Å²) in [5, 5.41) is 0. The van der Waals surface area contributed by atoms with Crippen LogP contribution in [0, 0.1) is 5.82 Å². The number of nitrogens with two attached hydrogens (primary N) is 1. The van der Waals surface area contributed by atoms with E-state index in [0.717, 1.165) is 12.2 Å². The van der Waals surface area contributed by atoms with Gasteiger partial charge >= 0.3 is 0 Å². The van der Waals surface area contributed by atoms with E-state index in [9.17, 15) is 4.39 Å². The topological polar surface area (TPSA) is 43.8 Å². The minimum Gasteiger partial charge on any atom is -0.369 e. The number of aromatic nitrogens is 2. The molecular formula is C12H14FN3. The van der Waals surface area contributed by atoms with Gasteiger partial charge < -0.3 is 10.3 Å². The van der Waals surface area contributed by atoms with Gasteiger partial charge in [0.1, 0.15) is 5.82 Å². The van der Waals surface area contributed by atoms with E-state index in [2.05, 4.69) is 4.98 Å². The third-order valence-electron chi connectivity index (χ3n) is 2.53. The van der Waals surface area contributed by atoms with Crippen molar-refractivity contribution in [3.8, 4) is 0 Å². The molecule has 16 heavy (non-hydrogen) atoms. The molecule has 0 atom stereocenters. The number of imidazole rings is 1. The van der Waals surface area contributed by atoms with E-state index in [1.54, 1.807) is 12.1 Å². The lowest BCUT2D eigenvalue weighted by atomic mass is 10.1. The van der Waals surface area contributed by atoms with Crippen LogP contribution in [0.4, 0.5) is 10.3 Å². The number of hydrogen-bond donors (Lipinski definition) is 1. The van der Waals surface area contributed by atoms with E-state index >= 15 is 0 Å². The van der Waals surface area contributed by atoms with Crippen molar-refractivity contribution in [1.29, 1.82) is 0 Å². The normalized spacial score (nSPS) is 10.6. The maximum atomic E-state index is 13.4. The zero-order valence-electron chi connectivity index (χ0n) is 9.15. The van der Waals surface area contributed by atoms with Crippen LogP contribution in [0.15, 0.2) is 30.5 Å². The predicted octanol–water partition coefficient (Wildman–Crippen LogP) is 2.22. The summed E-state index contributed by atoms with van der Waals surface area (Å²) in [6, 6.07) is 6.71. The molecule has 1 aromatic carbocycles. The molecule has 0 saturated carbocycles. The zero-order chi connectivity index (χ0) is 11.5. The van der Waals surface area contributed by atoms with Gasteiger partial charge in [0.25, 0.3) is 0 Å². The number of aryl methyl sites for hydroxylation is 1. The molecule has 1 heterocycles. The Morgan fingerprint density at radius 3 is 2.75 bits per heavy atom. The highest BCUT2D eigenvalue weighted by Crippen LogP contribution is 2.13. The highest BCUT2D eigenvalue weighted by atomic mass is 19.1. The molecule has 0 saturated heterocycles. The average Bonchev–Trinajstić information content (AvgIpc) is 2.62. The molecule has 0 fully saturated rings. The van der Waals surface area contributed by atoms with Gasteiger partial charge in [-0.2, -0.15) is 0 Å². The fraction of sp³-hybridized carbons (Fsp3) is 0.250. The van der Waals surface area contributed by atoms with Crippen LogP contribution >= 0.6 is 0 Å². The summed E-state index contributed by atoms with van der Waals surface area (Å²) in [4.78, 5) is 4.19. The second-order valence-corrected chi connectivity index (χ2v) is 3.64. The molecule has 1 aromatic heterocycles. The fourth-order valence-electron chi connectivity index (χ4n) is 1.66. The summed E-state index contributed by atoms with van der Waals surface area (Å²) in [6.45, 7) is 2.76. The Morgan fingerprint density at radius 1 is 1.38 bits per heavy atom. The summed E-state index contributed by atoms with van der Waals surface area (Å²) in [5.74, 6) is 0.279. The van der Waals surface area contributed by atoms with Crippen molar-refractivity contribution in [3.63, 3.8) is 0 Å². The van der Waals surface area contributed by atoms with Gasteiger partial charge in [0.2, 0.25) is 0 Å². The van der Waals surface area contributed by atoms with Crippen LogP contribution in [0.5, 0.6) is 0 Å². The van der Waals surface area contributed by atoms with Gasteiger partial charge in [0, 0.05) is 19.2 Å². The first-order valence-electron chi connectivity index (χ1n) is 5.25. The molecule has 0 aliphatic heterocycles. The summed E-state index contributed by atoms with van der Waals surface area (Å²) in [6.07, 6.45) is 2.34. The molecule has 2 rings (SSSR count). The molecule has 0 radical (unpaired) electrons. The van der Waals surface area contributed by atoms with Gasteiger partial charge in [-0.1, -0.05) is 18.2 Å². The van der Waals surface area contributed by atoms with Crippen LogP contribution in [0.25, 0.3) is 0 Å². The van der Waals surface area contributed by atoms with Crippen molar-refractivity contribution in [2.75, 3.05) is 5.73 Å². The van der Waals surface area contributed by atoms with Crippen molar-refractivity contribution in [2.24, 2.45) is 0 Å². The molecule has 0 aliphatic carbocycles. The van der Waals surface area contributed by atoms with Crippen LogP contribution < -0.4 is 5.73 Å². The number of benzene rings is 1. The van der Waals surface area contributed by atoms with Gasteiger partial charge in [0.05, 0.1) is 5.69 Å². The monoisotopic (exact) mass is 219 g/mol. The average molecular weight is 219 g/mol. The molecule has 0 spiro atoms. The second kappa shape index (κ2) is 4.35. The van der Waals surface area contributed by atoms with E-state index in [4.69, 9.17) is 5.73 Å². The maximum absolute atomic E-state index is 13.4. The first-order chi connectivity index (χ1) is 7.70. The number of rotatable bonds is 3. The summed E-state index contributed by atoms with van der Waals surface area (Å²) >= 11 is 0. The van der Waals surface area contributed by atoms with Crippen molar-refractivity contribution >= 4 is 5.95 Å². The second-order valence-electron chi connectivity index (χ2n) is 3.64. The van der Waals surface area contributed by atoms with Gasteiger partial charge in [-0.3, -0.25) is 0 Å². The summed E-state index contributed by atoms with van der Waals surface area (Å²) < 4.78 is 15.2. The van der Waals surface area contributed by atoms with Crippen molar-refractivity contribution < 1.29 is 4.39 Å². The Bertz CT molecular complexity index is 491. The zero-order valence-corrected chi connectivity index (χ0v) is 9.15. The first-order valence-corrected chi connectivity index (χ1v) is 5.25. The van der Waals surface area contributed by atoms with Gasteiger partial charge in [-0.25, -0.2) is 9.37 Å². The van der Waals surface area contributed by atoms with E-state index in [0.29, 0.717) is 17.9 Å². The SMILES string of the molecule is CCn1cc(Cc2ccccc2F)nc1N. The van der Waals surface area contributed by atoms with Crippen LogP contribution in [0.3, 0.4) is 0 Å². The predicted molar refractivity (Wildman–Crippen MR) is 61.5 cm³/mol. The molecule has 0 bridgehead atoms. The molecular weight excluding hydrogens is 205 g/mol. The van der Waals surface area contributed by atoms with Crippen molar-refractivity contribution in [1.82, 2.24) is 9.55 Å². The Labute approximate surface area is 93.7 Å². The molecule has 3 nitrogen and oxygen atoms in total. The smallest absolute Gasteiger partial charge is 0.200 e. The minimum absolute atomic E-state index is 0.202. The number of anilines is 1. The molecule has 4 heteroatoms. The number of nitrogen functional groups attached to an aromatic ring is 1. The third-order valence-corrected chi connectivity index (χ3v) is 2.53. The maximum Gasteiger partial charge on any atom is 0.200 e. The van der Waals surface area contributed by atoms with Crippen molar-refractivity contribution in [2.45, 2.75) is 19.9 Å². The molecule has 84 valence electrons. The van der Waals surface area contributed by atoms with Crippen LogP contribution in [0.1, 0.15) is 18.2 Å². The minimum atomic E-state index is -0.202. The molecule has 2 aromatic rings. The van der Waals surface area contributed by atoms with E-state index in [1.807, 2.05) is 23.8 Å². The Balaban J connectivity index is 2.24. The summed E-state index contributed by atoms with van der Waals surface area (Å²) in [7, 11) is 0.